The molecule has 1 fully saturated rings. The monoisotopic (exact) mass is 218 g/mol. The fraction of sp³-hybridized carbons (Fsp3) is 0.571. The molecule has 2 heteroatoms. The van der Waals surface area contributed by atoms with Gasteiger partial charge in [-0.3, -0.25) is 0 Å². The van der Waals surface area contributed by atoms with Crippen LogP contribution in [0.1, 0.15) is 24.8 Å². The summed E-state index contributed by atoms with van der Waals surface area (Å²) >= 11 is 0. The summed E-state index contributed by atoms with van der Waals surface area (Å²) in [6.45, 7) is 4.51. The Morgan fingerprint density at radius 2 is 2.31 bits per heavy atom. The first kappa shape index (κ1) is 11.5. The van der Waals surface area contributed by atoms with Crippen molar-refractivity contribution in [1.29, 1.82) is 0 Å². The second-order valence-corrected chi connectivity index (χ2v) is 4.72. The first-order valence-electron chi connectivity index (χ1n) is 6.29. The van der Waals surface area contributed by atoms with Gasteiger partial charge in [0.05, 0.1) is 0 Å². The normalized spacial score (nSPS) is 20.4. The maximum Gasteiger partial charge on any atom is 0.0371 e. The number of rotatable bonds is 4. The van der Waals surface area contributed by atoms with Gasteiger partial charge in [0.25, 0.3) is 0 Å². The van der Waals surface area contributed by atoms with E-state index < -0.39 is 0 Å². The van der Waals surface area contributed by atoms with Crippen LogP contribution in [0.25, 0.3) is 0 Å². The van der Waals surface area contributed by atoms with Gasteiger partial charge in [0.1, 0.15) is 0 Å². The molecule has 1 unspecified atom stereocenters. The molecular weight excluding hydrogens is 196 g/mol. The molecule has 1 aromatic carbocycles. The van der Waals surface area contributed by atoms with Crippen LogP contribution in [0.3, 0.4) is 0 Å². The molecular formula is C14H22N2. The summed E-state index contributed by atoms with van der Waals surface area (Å²) in [5.74, 6) is 0. The molecule has 1 heterocycles. The SMILES string of the molecule is CNCCC1CCCN1c1cccc(C)c1. The average Bonchev–Trinajstić information content (AvgIpc) is 2.74. The summed E-state index contributed by atoms with van der Waals surface area (Å²) < 4.78 is 0. The first-order chi connectivity index (χ1) is 7.81. The van der Waals surface area contributed by atoms with Crippen molar-refractivity contribution in [3.63, 3.8) is 0 Å². The third kappa shape index (κ3) is 2.56. The van der Waals surface area contributed by atoms with E-state index in [9.17, 15) is 0 Å². The van der Waals surface area contributed by atoms with E-state index in [1.807, 2.05) is 7.05 Å². The second kappa shape index (κ2) is 5.35. The Morgan fingerprint density at radius 1 is 1.44 bits per heavy atom. The molecule has 1 aromatic rings. The van der Waals surface area contributed by atoms with Crippen molar-refractivity contribution in [3.8, 4) is 0 Å². The topological polar surface area (TPSA) is 15.3 Å². The summed E-state index contributed by atoms with van der Waals surface area (Å²) in [5.41, 5.74) is 2.76. The maximum atomic E-state index is 3.25. The lowest BCUT2D eigenvalue weighted by atomic mass is 10.1. The predicted molar refractivity (Wildman–Crippen MR) is 70.1 cm³/mol. The summed E-state index contributed by atoms with van der Waals surface area (Å²) in [4.78, 5) is 2.57. The number of nitrogens with zero attached hydrogens (tertiary/aromatic N) is 1. The maximum absolute atomic E-state index is 3.25. The van der Waals surface area contributed by atoms with Crippen LogP contribution in [0.5, 0.6) is 0 Å². The third-order valence-electron chi connectivity index (χ3n) is 3.44. The molecule has 1 aliphatic rings. The zero-order valence-corrected chi connectivity index (χ0v) is 10.4. The van der Waals surface area contributed by atoms with Crippen LogP contribution in [-0.2, 0) is 0 Å². The smallest absolute Gasteiger partial charge is 0.0371 e. The fourth-order valence-electron chi connectivity index (χ4n) is 2.59. The average molecular weight is 218 g/mol. The van der Waals surface area contributed by atoms with Crippen LogP contribution < -0.4 is 10.2 Å². The fourth-order valence-corrected chi connectivity index (χ4v) is 2.59. The van der Waals surface area contributed by atoms with Gasteiger partial charge in [-0.2, -0.15) is 0 Å². The molecule has 1 aliphatic heterocycles. The van der Waals surface area contributed by atoms with E-state index in [1.54, 1.807) is 0 Å². The Morgan fingerprint density at radius 3 is 3.06 bits per heavy atom. The molecule has 1 atom stereocenters. The molecule has 16 heavy (non-hydrogen) atoms. The van der Waals surface area contributed by atoms with Crippen LogP contribution in [0.4, 0.5) is 5.69 Å². The lowest BCUT2D eigenvalue weighted by molar-refractivity contribution is 0.585. The highest BCUT2D eigenvalue weighted by Crippen LogP contribution is 2.27. The molecule has 88 valence electrons. The molecule has 2 rings (SSSR count). The van der Waals surface area contributed by atoms with Crippen molar-refractivity contribution in [3.05, 3.63) is 29.8 Å². The zero-order valence-electron chi connectivity index (χ0n) is 10.4. The van der Waals surface area contributed by atoms with E-state index >= 15 is 0 Å². The molecule has 1 saturated heterocycles. The Labute approximate surface area is 98.7 Å². The van der Waals surface area contributed by atoms with Gasteiger partial charge in [-0.1, -0.05) is 12.1 Å². The van der Waals surface area contributed by atoms with Crippen LogP contribution in [0.15, 0.2) is 24.3 Å². The molecule has 0 radical (unpaired) electrons. The van der Waals surface area contributed by atoms with Crippen molar-refractivity contribution in [2.45, 2.75) is 32.2 Å². The Kier molecular flexibility index (Phi) is 3.83. The second-order valence-electron chi connectivity index (χ2n) is 4.72. The van der Waals surface area contributed by atoms with Gasteiger partial charge in [0, 0.05) is 18.3 Å². The van der Waals surface area contributed by atoms with E-state index in [4.69, 9.17) is 0 Å². The van der Waals surface area contributed by atoms with Crippen LogP contribution in [-0.4, -0.2) is 26.2 Å². The summed E-state index contributed by atoms with van der Waals surface area (Å²) in [6, 6.07) is 9.61. The van der Waals surface area contributed by atoms with Gasteiger partial charge in [-0.25, -0.2) is 0 Å². The standard InChI is InChI=1S/C14H22N2/c1-12-5-3-6-14(11-12)16-10-4-7-13(16)8-9-15-2/h3,5-6,11,13,15H,4,7-10H2,1-2H3. The van der Waals surface area contributed by atoms with Gasteiger partial charge in [0.15, 0.2) is 0 Å². The van der Waals surface area contributed by atoms with Crippen molar-refractivity contribution < 1.29 is 0 Å². The van der Waals surface area contributed by atoms with Crippen LogP contribution >= 0.6 is 0 Å². The molecule has 0 aromatic heterocycles. The summed E-state index contributed by atoms with van der Waals surface area (Å²) in [5, 5.41) is 3.25. The summed E-state index contributed by atoms with van der Waals surface area (Å²) in [7, 11) is 2.03. The van der Waals surface area contributed by atoms with E-state index in [2.05, 4.69) is 41.4 Å². The van der Waals surface area contributed by atoms with E-state index in [-0.39, 0.29) is 0 Å². The zero-order chi connectivity index (χ0) is 11.4. The molecule has 0 saturated carbocycles. The Hall–Kier alpha value is -1.02. The highest BCUT2D eigenvalue weighted by atomic mass is 15.2. The lowest BCUT2D eigenvalue weighted by Crippen LogP contribution is -2.31. The van der Waals surface area contributed by atoms with E-state index in [0.717, 1.165) is 12.6 Å². The van der Waals surface area contributed by atoms with Crippen LogP contribution in [0, 0.1) is 6.92 Å². The van der Waals surface area contributed by atoms with Crippen molar-refractivity contribution in [2.24, 2.45) is 0 Å². The number of benzene rings is 1. The molecule has 2 nitrogen and oxygen atoms in total. The molecule has 0 bridgehead atoms. The van der Waals surface area contributed by atoms with Crippen molar-refractivity contribution in [1.82, 2.24) is 5.32 Å². The molecule has 0 amide bonds. The highest BCUT2D eigenvalue weighted by molar-refractivity contribution is 5.50. The van der Waals surface area contributed by atoms with E-state index in [1.165, 1.54) is 37.1 Å². The van der Waals surface area contributed by atoms with Crippen molar-refractivity contribution in [2.75, 3.05) is 25.0 Å². The number of hydrogen-bond donors (Lipinski definition) is 1. The van der Waals surface area contributed by atoms with Crippen molar-refractivity contribution >= 4 is 5.69 Å². The number of nitrogens with one attached hydrogen (secondary N) is 1. The minimum Gasteiger partial charge on any atom is -0.368 e. The first-order valence-corrected chi connectivity index (χ1v) is 6.29. The van der Waals surface area contributed by atoms with E-state index in [0.29, 0.717) is 0 Å². The quantitative estimate of drug-likeness (QED) is 0.835. The van der Waals surface area contributed by atoms with Gasteiger partial charge in [0.2, 0.25) is 0 Å². The highest BCUT2D eigenvalue weighted by Gasteiger charge is 2.23. The third-order valence-corrected chi connectivity index (χ3v) is 3.44. The summed E-state index contributed by atoms with van der Waals surface area (Å²) in [6.07, 6.45) is 3.93. The molecule has 1 N–H and O–H groups in total. The van der Waals surface area contributed by atoms with Crippen LogP contribution in [0.2, 0.25) is 0 Å². The molecule has 0 aliphatic carbocycles. The minimum atomic E-state index is 0.731. The lowest BCUT2D eigenvalue weighted by Gasteiger charge is -2.27. The largest absolute Gasteiger partial charge is 0.368 e. The predicted octanol–water partition coefficient (Wildman–Crippen LogP) is 2.57. The number of aryl methyl sites for hydroxylation is 1. The Bertz CT molecular complexity index is 335. The number of anilines is 1. The minimum absolute atomic E-state index is 0.731. The van der Waals surface area contributed by atoms with Gasteiger partial charge in [-0.15, -0.1) is 0 Å². The van der Waals surface area contributed by atoms with Gasteiger partial charge >= 0.3 is 0 Å². The Balaban J connectivity index is 2.07. The van der Waals surface area contributed by atoms with Gasteiger partial charge < -0.3 is 10.2 Å². The number of hydrogen-bond acceptors (Lipinski definition) is 2. The molecule has 0 spiro atoms. The van der Waals surface area contributed by atoms with Gasteiger partial charge in [-0.05, 0) is 57.5 Å².